The zero-order valence-corrected chi connectivity index (χ0v) is 18.8. The summed E-state index contributed by atoms with van der Waals surface area (Å²) >= 11 is 0. The summed E-state index contributed by atoms with van der Waals surface area (Å²) in [4.78, 5) is 11.9. The molecule has 1 unspecified atom stereocenters. The van der Waals surface area contributed by atoms with E-state index in [4.69, 9.17) is 15.9 Å². The summed E-state index contributed by atoms with van der Waals surface area (Å²) < 4.78 is 12.3. The lowest BCUT2D eigenvalue weighted by atomic mass is 9.50. The van der Waals surface area contributed by atoms with Crippen molar-refractivity contribution in [1.29, 1.82) is 0 Å². The Labute approximate surface area is 182 Å². The molecule has 0 bridgehead atoms. The van der Waals surface area contributed by atoms with Crippen LogP contribution in [0.15, 0.2) is 11.6 Å². The molecule has 0 aromatic carbocycles. The van der Waals surface area contributed by atoms with Gasteiger partial charge in [0.15, 0.2) is 5.60 Å². The number of fused-ring (bicyclic) bond motifs is 5. The molecule has 0 spiro atoms. The number of ether oxygens (including phenoxy) is 2. The number of hydrogen-bond acceptors (Lipinski definition) is 3. The van der Waals surface area contributed by atoms with Crippen molar-refractivity contribution in [3.05, 3.63) is 11.6 Å². The summed E-state index contributed by atoms with van der Waals surface area (Å²) in [5, 5.41) is 0. The summed E-state index contributed by atoms with van der Waals surface area (Å²) in [6, 6.07) is 0. The lowest BCUT2D eigenvalue weighted by Crippen LogP contribution is -2.53. The number of terminal acetylenes is 1. The molecule has 0 aromatic rings. The highest BCUT2D eigenvalue weighted by Crippen LogP contribution is 2.65. The molecular formula is C27H38O3. The van der Waals surface area contributed by atoms with Crippen molar-refractivity contribution < 1.29 is 14.3 Å². The summed E-state index contributed by atoms with van der Waals surface area (Å²) in [6.07, 6.45) is 23.8. The third-order valence-corrected chi connectivity index (χ3v) is 9.75. The molecular weight excluding hydrogens is 372 g/mol. The molecule has 5 aliphatic rings. The van der Waals surface area contributed by atoms with E-state index in [-0.39, 0.29) is 11.4 Å². The molecule has 4 saturated carbocycles. The van der Waals surface area contributed by atoms with Crippen LogP contribution < -0.4 is 0 Å². The van der Waals surface area contributed by atoms with E-state index in [9.17, 15) is 4.79 Å². The molecule has 0 aliphatic heterocycles. The van der Waals surface area contributed by atoms with Gasteiger partial charge < -0.3 is 9.47 Å². The first-order valence-electron chi connectivity index (χ1n) is 12.5. The lowest BCUT2D eigenvalue weighted by molar-refractivity contribution is -0.167. The van der Waals surface area contributed by atoms with Crippen LogP contribution in [0.3, 0.4) is 0 Å². The molecule has 0 aromatic heterocycles. The second kappa shape index (κ2) is 7.70. The number of carbonyl (C=O) groups excluding carboxylic acids is 1. The first-order chi connectivity index (χ1) is 14.5. The molecule has 5 aliphatic carbocycles. The summed E-state index contributed by atoms with van der Waals surface area (Å²) in [5.41, 5.74) is 0.922. The normalized spacial score (nSPS) is 45.6. The highest BCUT2D eigenvalue weighted by Gasteiger charge is 2.64. The van der Waals surface area contributed by atoms with Crippen LogP contribution in [0.1, 0.15) is 90.9 Å². The average molecular weight is 411 g/mol. The molecule has 3 heteroatoms. The van der Waals surface area contributed by atoms with E-state index in [2.05, 4.69) is 18.9 Å². The van der Waals surface area contributed by atoms with Crippen LogP contribution in [0.25, 0.3) is 0 Å². The minimum Gasteiger partial charge on any atom is -0.445 e. The highest BCUT2D eigenvalue weighted by molar-refractivity contribution is 5.67. The number of allylic oxidation sites excluding steroid dienone is 1. The summed E-state index contributed by atoms with van der Waals surface area (Å²) in [5.74, 6) is 5.57. The first-order valence-corrected chi connectivity index (χ1v) is 12.5. The molecule has 0 amide bonds. The van der Waals surface area contributed by atoms with Crippen LogP contribution in [0.2, 0.25) is 0 Å². The smallest absolute Gasteiger partial charge is 0.304 e. The minimum absolute atomic E-state index is 0.0708. The van der Waals surface area contributed by atoms with Gasteiger partial charge >= 0.3 is 5.97 Å². The standard InChI is InChI=1S/C27H38O3/c1-4-27(30-18(2)28)16-14-25-24-11-9-19-17-21(29-20-7-5-6-8-20)10-12-22(19)23(24)13-15-26(25,27)3/h1,17,20-25H,5-16H2,2-3H3/t21?,22-,23+,24+,25-,26-,27-/m0/s1. The monoisotopic (exact) mass is 410 g/mol. The van der Waals surface area contributed by atoms with Gasteiger partial charge in [0.05, 0.1) is 12.2 Å². The minimum atomic E-state index is -0.697. The fraction of sp³-hybridized carbons (Fsp3) is 0.815. The Bertz CT molecular complexity index is 757. The molecule has 0 radical (unpaired) electrons. The Hall–Kier alpha value is -1.27. The predicted molar refractivity (Wildman–Crippen MR) is 118 cm³/mol. The fourth-order valence-corrected chi connectivity index (χ4v) is 8.35. The quantitative estimate of drug-likeness (QED) is 0.334. The van der Waals surface area contributed by atoms with Crippen LogP contribution in [-0.2, 0) is 14.3 Å². The van der Waals surface area contributed by atoms with Crippen molar-refractivity contribution in [3.8, 4) is 12.3 Å². The zero-order chi connectivity index (χ0) is 20.9. The van der Waals surface area contributed by atoms with E-state index in [0.717, 1.165) is 37.0 Å². The fourth-order valence-electron chi connectivity index (χ4n) is 8.35. The SMILES string of the molecule is C#C[C@]1(OC(C)=O)CC[C@H]2[C@@H]3CCC4=CC(OC5CCCC5)CC[C@@H]4[C@H]3CC[C@@]21C. The average Bonchev–Trinajstić information content (AvgIpc) is 3.33. The Morgan fingerprint density at radius 3 is 2.60 bits per heavy atom. The second-order valence-corrected chi connectivity index (χ2v) is 11.0. The van der Waals surface area contributed by atoms with Crippen LogP contribution in [0, 0.1) is 41.4 Å². The van der Waals surface area contributed by atoms with Crippen molar-refractivity contribution >= 4 is 5.97 Å². The number of esters is 1. The summed E-state index contributed by atoms with van der Waals surface area (Å²) in [6.45, 7) is 3.83. The molecule has 7 atom stereocenters. The lowest BCUT2D eigenvalue weighted by Gasteiger charge is -2.55. The third-order valence-electron chi connectivity index (χ3n) is 9.75. The molecule has 0 heterocycles. The zero-order valence-electron chi connectivity index (χ0n) is 18.8. The highest BCUT2D eigenvalue weighted by atomic mass is 16.6. The van der Waals surface area contributed by atoms with Gasteiger partial charge in [-0.1, -0.05) is 37.3 Å². The number of carbonyl (C=O) groups is 1. The van der Waals surface area contributed by atoms with Gasteiger partial charge in [0, 0.05) is 12.3 Å². The maximum atomic E-state index is 11.9. The van der Waals surface area contributed by atoms with Gasteiger partial charge in [0.1, 0.15) is 0 Å². The van der Waals surface area contributed by atoms with Gasteiger partial charge in [-0.25, -0.2) is 0 Å². The molecule has 30 heavy (non-hydrogen) atoms. The van der Waals surface area contributed by atoms with Gasteiger partial charge in [0.25, 0.3) is 0 Å². The Balaban J connectivity index is 1.33. The first kappa shape index (κ1) is 20.6. The van der Waals surface area contributed by atoms with Crippen molar-refractivity contribution in [2.75, 3.05) is 0 Å². The van der Waals surface area contributed by atoms with E-state index in [0.29, 0.717) is 18.1 Å². The molecule has 5 rings (SSSR count). The van der Waals surface area contributed by atoms with Crippen molar-refractivity contribution in [3.63, 3.8) is 0 Å². The van der Waals surface area contributed by atoms with Crippen LogP contribution in [0.5, 0.6) is 0 Å². The van der Waals surface area contributed by atoms with E-state index in [1.165, 1.54) is 64.7 Å². The van der Waals surface area contributed by atoms with Gasteiger partial charge in [-0.2, -0.15) is 0 Å². The number of hydrogen-bond donors (Lipinski definition) is 0. The molecule has 0 saturated heterocycles. The number of rotatable bonds is 3. The van der Waals surface area contributed by atoms with Gasteiger partial charge in [-0.15, -0.1) is 6.42 Å². The van der Waals surface area contributed by atoms with Crippen molar-refractivity contribution in [1.82, 2.24) is 0 Å². The Morgan fingerprint density at radius 2 is 1.87 bits per heavy atom. The van der Waals surface area contributed by atoms with Crippen LogP contribution >= 0.6 is 0 Å². The summed E-state index contributed by atoms with van der Waals surface area (Å²) in [7, 11) is 0. The Kier molecular flexibility index (Phi) is 5.29. The maximum absolute atomic E-state index is 11.9. The van der Waals surface area contributed by atoms with E-state index in [1.807, 2.05) is 0 Å². The van der Waals surface area contributed by atoms with Crippen molar-refractivity contribution in [2.24, 2.45) is 29.1 Å². The molecule has 4 fully saturated rings. The van der Waals surface area contributed by atoms with Gasteiger partial charge in [-0.05, 0) is 87.9 Å². The second-order valence-electron chi connectivity index (χ2n) is 11.0. The maximum Gasteiger partial charge on any atom is 0.304 e. The van der Waals surface area contributed by atoms with E-state index >= 15 is 0 Å². The predicted octanol–water partition coefficient (Wildman–Crippen LogP) is 5.82. The van der Waals surface area contributed by atoms with E-state index < -0.39 is 5.60 Å². The molecule has 164 valence electrons. The van der Waals surface area contributed by atoms with Gasteiger partial charge in [-0.3, -0.25) is 4.79 Å². The van der Waals surface area contributed by atoms with Crippen LogP contribution in [-0.4, -0.2) is 23.8 Å². The topological polar surface area (TPSA) is 35.5 Å². The van der Waals surface area contributed by atoms with Crippen molar-refractivity contribution in [2.45, 2.75) is 109 Å². The van der Waals surface area contributed by atoms with E-state index in [1.54, 1.807) is 5.57 Å². The third kappa shape index (κ3) is 3.17. The Morgan fingerprint density at radius 1 is 1.07 bits per heavy atom. The van der Waals surface area contributed by atoms with Gasteiger partial charge in [0.2, 0.25) is 0 Å². The largest absolute Gasteiger partial charge is 0.445 e. The van der Waals surface area contributed by atoms with Crippen LogP contribution in [0.4, 0.5) is 0 Å². The molecule has 0 N–H and O–H groups in total. The molecule has 3 nitrogen and oxygen atoms in total.